The number of carbonyl (C=O) groups excluding carboxylic acids is 3. The summed E-state index contributed by atoms with van der Waals surface area (Å²) in [5.41, 5.74) is 4.07. The number of rotatable bonds is 6. The normalized spacial score (nSPS) is 13.6. The van der Waals surface area contributed by atoms with Crippen LogP contribution in [0.4, 0.5) is 11.4 Å². The topological polar surface area (TPSA) is 75.7 Å². The highest BCUT2D eigenvalue weighted by Crippen LogP contribution is 2.32. The van der Waals surface area contributed by atoms with Gasteiger partial charge in [-0.05, 0) is 67.3 Å². The molecule has 3 aromatic rings. The van der Waals surface area contributed by atoms with Gasteiger partial charge in [0.25, 0.3) is 11.8 Å². The number of imide groups is 1. The third-order valence-corrected chi connectivity index (χ3v) is 6.10. The summed E-state index contributed by atoms with van der Waals surface area (Å²) >= 11 is 6.24. The zero-order chi connectivity index (χ0) is 25.3. The highest BCUT2D eigenvalue weighted by atomic mass is 35.5. The maximum atomic E-state index is 13.1. The summed E-state index contributed by atoms with van der Waals surface area (Å²) < 4.78 is 5.60. The molecule has 0 aromatic heterocycles. The lowest BCUT2D eigenvalue weighted by Crippen LogP contribution is -2.32. The number of ether oxygens (including phenoxy) is 1. The van der Waals surface area contributed by atoms with Gasteiger partial charge in [-0.15, -0.1) is 0 Å². The number of anilines is 2. The van der Waals surface area contributed by atoms with Crippen LogP contribution in [0, 0.1) is 13.8 Å². The minimum atomic E-state index is -0.588. The Hall–Kier alpha value is -3.90. The zero-order valence-corrected chi connectivity index (χ0v) is 20.6. The number of nitrogens with zero attached hydrogens (tertiary/aromatic N) is 1. The predicted octanol–water partition coefficient (Wildman–Crippen LogP) is 6.08. The van der Waals surface area contributed by atoms with Crippen molar-refractivity contribution in [2.24, 2.45) is 0 Å². The van der Waals surface area contributed by atoms with E-state index in [2.05, 4.69) is 5.32 Å². The van der Waals surface area contributed by atoms with E-state index in [0.29, 0.717) is 22.7 Å². The van der Waals surface area contributed by atoms with E-state index < -0.39 is 17.8 Å². The van der Waals surface area contributed by atoms with Gasteiger partial charge in [-0.25, -0.2) is 9.69 Å². The minimum Gasteiger partial charge on any atom is -0.423 e. The highest BCUT2D eigenvalue weighted by molar-refractivity contribution is 6.53. The predicted molar refractivity (Wildman–Crippen MR) is 137 cm³/mol. The SMILES string of the molecule is Cc1ccc(N2C(=O)C(Cl)=C(Nc3ccc(C(=O)Oc4ccccc4C(C)C)cc3)C2=O)c(C)c1. The summed E-state index contributed by atoms with van der Waals surface area (Å²) in [6, 6.07) is 19.3. The fourth-order valence-corrected chi connectivity index (χ4v) is 4.14. The van der Waals surface area contributed by atoms with E-state index in [4.69, 9.17) is 16.3 Å². The van der Waals surface area contributed by atoms with E-state index in [0.717, 1.165) is 21.6 Å². The van der Waals surface area contributed by atoms with Gasteiger partial charge in [-0.3, -0.25) is 9.59 Å². The molecule has 1 N–H and O–H groups in total. The van der Waals surface area contributed by atoms with Crippen molar-refractivity contribution >= 4 is 40.8 Å². The fourth-order valence-electron chi connectivity index (χ4n) is 3.93. The van der Waals surface area contributed by atoms with Crippen LogP contribution in [0.2, 0.25) is 0 Å². The molecule has 0 bridgehead atoms. The lowest BCUT2D eigenvalue weighted by Gasteiger charge is -2.18. The Labute approximate surface area is 209 Å². The molecule has 178 valence electrons. The Balaban J connectivity index is 1.50. The van der Waals surface area contributed by atoms with Crippen molar-refractivity contribution < 1.29 is 19.1 Å². The number of hydrogen-bond acceptors (Lipinski definition) is 5. The van der Waals surface area contributed by atoms with E-state index in [1.807, 2.05) is 58.0 Å². The zero-order valence-electron chi connectivity index (χ0n) is 19.9. The number of hydrogen-bond donors (Lipinski definition) is 1. The van der Waals surface area contributed by atoms with Crippen LogP contribution in [0.5, 0.6) is 5.75 Å². The van der Waals surface area contributed by atoms with Crippen LogP contribution in [-0.2, 0) is 9.59 Å². The molecule has 0 fully saturated rings. The van der Waals surface area contributed by atoms with Gasteiger partial charge in [0.15, 0.2) is 0 Å². The molecule has 0 radical (unpaired) electrons. The molecule has 1 aliphatic rings. The van der Waals surface area contributed by atoms with Crippen LogP contribution in [0.1, 0.15) is 46.8 Å². The number of halogens is 1. The lowest BCUT2D eigenvalue weighted by molar-refractivity contribution is -0.120. The first-order chi connectivity index (χ1) is 16.7. The van der Waals surface area contributed by atoms with Crippen molar-refractivity contribution in [3.05, 3.63) is 99.7 Å². The fraction of sp³-hybridized carbons (Fsp3) is 0.179. The molecule has 1 heterocycles. The molecule has 3 aromatic carbocycles. The molecule has 4 rings (SSSR count). The van der Waals surface area contributed by atoms with Gasteiger partial charge in [0.1, 0.15) is 16.5 Å². The second-order valence-corrected chi connectivity index (χ2v) is 9.09. The second-order valence-electron chi connectivity index (χ2n) is 8.71. The number of esters is 1. The summed E-state index contributed by atoms with van der Waals surface area (Å²) in [6.07, 6.45) is 0. The molecule has 0 spiro atoms. The molecule has 7 heteroatoms. The summed E-state index contributed by atoms with van der Waals surface area (Å²) in [5, 5.41) is 2.73. The summed E-state index contributed by atoms with van der Waals surface area (Å²) in [6.45, 7) is 7.83. The quantitative estimate of drug-likeness (QED) is 0.258. The Bertz CT molecular complexity index is 1360. The number of benzene rings is 3. The first-order valence-corrected chi connectivity index (χ1v) is 11.6. The van der Waals surface area contributed by atoms with Crippen molar-refractivity contribution in [1.29, 1.82) is 0 Å². The van der Waals surface area contributed by atoms with E-state index in [1.165, 1.54) is 0 Å². The van der Waals surface area contributed by atoms with Gasteiger partial charge in [-0.2, -0.15) is 0 Å². The van der Waals surface area contributed by atoms with Gasteiger partial charge < -0.3 is 10.1 Å². The molecular weight excluding hydrogens is 464 g/mol. The van der Waals surface area contributed by atoms with Crippen LogP contribution in [-0.4, -0.2) is 17.8 Å². The van der Waals surface area contributed by atoms with Crippen LogP contribution >= 0.6 is 11.6 Å². The van der Waals surface area contributed by atoms with Gasteiger partial charge in [0, 0.05) is 5.69 Å². The second kappa shape index (κ2) is 9.76. The average Bonchev–Trinajstić information content (AvgIpc) is 3.03. The standard InChI is InChI=1S/C28H25ClN2O4/c1-16(2)21-7-5-6-8-23(21)35-28(34)19-10-12-20(13-11-19)30-25-24(29)26(32)31(27(25)33)22-14-9-17(3)15-18(22)4/h5-16,30H,1-4H3. The molecular formula is C28H25ClN2O4. The van der Waals surface area contributed by atoms with Crippen LogP contribution in [0.25, 0.3) is 0 Å². The smallest absolute Gasteiger partial charge is 0.343 e. The highest BCUT2D eigenvalue weighted by Gasteiger charge is 2.39. The van der Waals surface area contributed by atoms with Crippen LogP contribution in [0.3, 0.4) is 0 Å². The average molecular weight is 489 g/mol. The first-order valence-electron chi connectivity index (χ1n) is 11.2. The number of aryl methyl sites for hydroxylation is 2. The van der Waals surface area contributed by atoms with E-state index >= 15 is 0 Å². The number of para-hydroxylation sites is 1. The Morgan fingerprint density at radius 2 is 1.63 bits per heavy atom. The van der Waals surface area contributed by atoms with Crippen LogP contribution in [0.15, 0.2) is 77.5 Å². The Morgan fingerprint density at radius 3 is 2.29 bits per heavy atom. The molecule has 1 aliphatic heterocycles. The molecule has 35 heavy (non-hydrogen) atoms. The third-order valence-electron chi connectivity index (χ3n) is 5.75. The molecule has 2 amide bonds. The van der Waals surface area contributed by atoms with Crippen LogP contribution < -0.4 is 15.0 Å². The number of carbonyl (C=O) groups is 3. The van der Waals surface area contributed by atoms with Gasteiger partial charge >= 0.3 is 5.97 Å². The van der Waals surface area contributed by atoms with E-state index in [-0.39, 0.29) is 16.6 Å². The Kier molecular flexibility index (Phi) is 6.76. The summed E-state index contributed by atoms with van der Waals surface area (Å²) in [7, 11) is 0. The van der Waals surface area contributed by atoms with Crippen molar-refractivity contribution in [3.8, 4) is 5.75 Å². The van der Waals surface area contributed by atoms with Gasteiger partial charge in [0.05, 0.1) is 11.3 Å². The minimum absolute atomic E-state index is 0.0159. The van der Waals surface area contributed by atoms with Gasteiger partial charge in [0.2, 0.25) is 0 Å². The molecule has 0 atom stereocenters. The summed E-state index contributed by atoms with van der Waals surface area (Å²) in [5.74, 6) is -0.891. The number of amides is 2. The van der Waals surface area contributed by atoms with Gasteiger partial charge in [-0.1, -0.05) is 61.3 Å². The maximum absolute atomic E-state index is 13.1. The molecule has 0 aliphatic carbocycles. The van der Waals surface area contributed by atoms with Crippen molar-refractivity contribution in [2.45, 2.75) is 33.6 Å². The maximum Gasteiger partial charge on any atom is 0.343 e. The van der Waals surface area contributed by atoms with E-state index in [9.17, 15) is 14.4 Å². The van der Waals surface area contributed by atoms with E-state index in [1.54, 1.807) is 36.4 Å². The molecule has 0 unspecified atom stereocenters. The lowest BCUT2D eigenvalue weighted by atomic mass is 10.0. The molecule has 0 saturated heterocycles. The monoisotopic (exact) mass is 488 g/mol. The van der Waals surface area contributed by atoms with Crippen molar-refractivity contribution in [1.82, 2.24) is 0 Å². The van der Waals surface area contributed by atoms with Crippen molar-refractivity contribution in [2.75, 3.05) is 10.2 Å². The molecule has 6 nitrogen and oxygen atoms in total. The largest absolute Gasteiger partial charge is 0.423 e. The first kappa shape index (κ1) is 24.2. The summed E-state index contributed by atoms with van der Waals surface area (Å²) in [4.78, 5) is 39.6. The molecule has 0 saturated carbocycles. The van der Waals surface area contributed by atoms with Crippen molar-refractivity contribution in [3.63, 3.8) is 0 Å². The number of nitrogens with one attached hydrogen (secondary N) is 1. The third kappa shape index (κ3) is 4.84. The Morgan fingerprint density at radius 1 is 0.943 bits per heavy atom.